The van der Waals surface area contributed by atoms with Crippen LogP contribution >= 0.6 is 0 Å². The lowest BCUT2D eigenvalue weighted by molar-refractivity contribution is 0.153. The van der Waals surface area contributed by atoms with Gasteiger partial charge in [-0.2, -0.15) is 5.10 Å². The molecule has 0 fully saturated rings. The zero-order valence-electron chi connectivity index (χ0n) is 15.8. The van der Waals surface area contributed by atoms with E-state index < -0.39 is 0 Å². The molecule has 3 rings (SSSR count). The molecule has 2 aliphatic rings. The van der Waals surface area contributed by atoms with Crippen LogP contribution in [-0.2, 0) is 29.0 Å². The number of guanidine groups is 1. The molecule has 0 aliphatic carbocycles. The summed E-state index contributed by atoms with van der Waals surface area (Å²) in [5.41, 5.74) is 1.45. The number of methoxy groups -OCH3 is 1. The van der Waals surface area contributed by atoms with Crippen LogP contribution in [0.4, 0.5) is 0 Å². The SMILES string of the molecule is CCNC(=NCCC1=CCOCC1)NC1CCc2nc(COC)nn2C1. The molecule has 0 bridgehead atoms. The molecule has 2 aliphatic heterocycles. The number of hydrogen-bond donors (Lipinski definition) is 2. The third-order valence-electron chi connectivity index (χ3n) is 4.62. The van der Waals surface area contributed by atoms with Gasteiger partial charge in [0.1, 0.15) is 12.4 Å². The Kier molecular flexibility index (Phi) is 7.02. The Bertz CT molecular complexity index is 640. The van der Waals surface area contributed by atoms with Crippen molar-refractivity contribution in [2.45, 2.75) is 51.8 Å². The van der Waals surface area contributed by atoms with Crippen LogP contribution in [-0.4, -0.2) is 60.2 Å². The van der Waals surface area contributed by atoms with E-state index in [0.717, 1.165) is 76.1 Å². The number of fused-ring (bicyclic) bond motifs is 1. The summed E-state index contributed by atoms with van der Waals surface area (Å²) in [6.45, 7) is 6.57. The molecule has 1 aromatic heterocycles. The molecule has 0 amide bonds. The van der Waals surface area contributed by atoms with Crippen LogP contribution in [0.5, 0.6) is 0 Å². The molecule has 0 spiro atoms. The van der Waals surface area contributed by atoms with Crippen LogP contribution in [0, 0.1) is 0 Å². The normalized spacial score (nSPS) is 20.5. The molecule has 8 heteroatoms. The lowest BCUT2D eigenvalue weighted by atomic mass is 10.1. The molecule has 0 saturated heterocycles. The maximum absolute atomic E-state index is 5.35. The van der Waals surface area contributed by atoms with Gasteiger partial charge in [-0.05, 0) is 26.2 Å². The third kappa shape index (κ3) is 5.28. The van der Waals surface area contributed by atoms with Crippen LogP contribution in [0.25, 0.3) is 0 Å². The first-order valence-electron chi connectivity index (χ1n) is 9.50. The summed E-state index contributed by atoms with van der Waals surface area (Å²) in [6, 6.07) is 0.305. The number of nitrogens with zero attached hydrogens (tertiary/aromatic N) is 4. The van der Waals surface area contributed by atoms with E-state index in [4.69, 9.17) is 14.5 Å². The molecule has 3 heterocycles. The van der Waals surface area contributed by atoms with Crippen LogP contribution in [0.15, 0.2) is 16.6 Å². The van der Waals surface area contributed by atoms with Crippen molar-refractivity contribution in [2.75, 3.05) is 33.4 Å². The molecule has 26 heavy (non-hydrogen) atoms. The summed E-state index contributed by atoms with van der Waals surface area (Å²) < 4.78 is 12.5. The predicted molar refractivity (Wildman–Crippen MR) is 100 cm³/mol. The second-order valence-electron chi connectivity index (χ2n) is 6.64. The number of ether oxygens (including phenoxy) is 2. The molecule has 1 aromatic rings. The summed E-state index contributed by atoms with van der Waals surface area (Å²) in [5, 5.41) is 11.4. The predicted octanol–water partition coefficient (Wildman–Crippen LogP) is 1.03. The minimum absolute atomic E-state index is 0.305. The van der Waals surface area contributed by atoms with Gasteiger partial charge in [0.15, 0.2) is 11.8 Å². The van der Waals surface area contributed by atoms with Crippen molar-refractivity contribution in [3.05, 3.63) is 23.3 Å². The average Bonchev–Trinajstić information content (AvgIpc) is 3.05. The van der Waals surface area contributed by atoms with Crippen molar-refractivity contribution in [3.8, 4) is 0 Å². The van der Waals surface area contributed by atoms with Crippen molar-refractivity contribution >= 4 is 5.96 Å². The van der Waals surface area contributed by atoms with Crippen LogP contribution in [0.1, 0.15) is 37.8 Å². The standard InChI is InChI=1S/C18H30N6O2/c1-3-19-18(20-9-6-14-7-10-26-11-8-14)21-15-4-5-17-22-16(13-25-2)23-24(17)12-15/h7,15H,3-6,8-13H2,1-2H3,(H2,19,20,21). The summed E-state index contributed by atoms with van der Waals surface area (Å²) in [5.74, 6) is 2.68. The fourth-order valence-corrected chi connectivity index (χ4v) is 3.29. The zero-order chi connectivity index (χ0) is 18.2. The first-order chi connectivity index (χ1) is 12.8. The zero-order valence-corrected chi connectivity index (χ0v) is 15.8. The largest absolute Gasteiger partial charge is 0.377 e. The highest BCUT2D eigenvalue weighted by atomic mass is 16.5. The second-order valence-corrected chi connectivity index (χ2v) is 6.64. The molecule has 0 radical (unpaired) electrons. The van der Waals surface area contributed by atoms with Gasteiger partial charge in [0.2, 0.25) is 0 Å². The Balaban J connectivity index is 1.53. The van der Waals surface area contributed by atoms with E-state index >= 15 is 0 Å². The Morgan fingerprint density at radius 3 is 3.15 bits per heavy atom. The molecule has 0 aromatic carbocycles. The number of aryl methyl sites for hydroxylation is 1. The van der Waals surface area contributed by atoms with Crippen LogP contribution < -0.4 is 10.6 Å². The highest BCUT2D eigenvalue weighted by molar-refractivity contribution is 5.80. The fraction of sp³-hybridized carbons (Fsp3) is 0.722. The van der Waals surface area contributed by atoms with Gasteiger partial charge in [-0.15, -0.1) is 0 Å². The number of aromatic nitrogens is 3. The van der Waals surface area contributed by atoms with Gasteiger partial charge in [0.25, 0.3) is 0 Å². The number of aliphatic imine (C=N–C) groups is 1. The summed E-state index contributed by atoms with van der Waals surface area (Å²) in [6.07, 6.45) is 6.16. The van der Waals surface area contributed by atoms with Gasteiger partial charge < -0.3 is 20.1 Å². The number of nitrogens with one attached hydrogen (secondary N) is 2. The molecule has 2 N–H and O–H groups in total. The van der Waals surface area contributed by atoms with Crippen LogP contribution in [0.3, 0.4) is 0 Å². The Hall–Kier alpha value is -1.93. The summed E-state index contributed by atoms with van der Waals surface area (Å²) in [7, 11) is 1.67. The minimum Gasteiger partial charge on any atom is -0.377 e. The highest BCUT2D eigenvalue weighted by Gasteiger charge is 2.22. The fourth-order valence-electron chi connectivity index (χ4n) is 3.29. The van der Waals surface area contributed by atoms with E-state index in [9.17, 15) is 0 Å². The van der Waals surface area contributed by atoms with Gasteiger partial charge in [0, 0.05) is 32.7 Å². The van der Waals surface area contributed by atoms with Crippen molar-refractivity contribution in [3.63, 3.8) is 0 Å². The van der Waals surface area contributed by atoms with Gasteiger partial charge in [0.05, 0.1) is 19.8 Å². The average molecular weight is 362 g/mol. The van der Waals surface area contributed by atoms with Crippen molar-refractivity contribution in [1.29, 1.82) is 0 Å². The molecular formula is C18H30N6O2. The molecule has 144 valence electrons. The molecule has 1 unspecified atom stereocenters. The molecule has 8 nitrogen and oxygen atoms in total. The summed E-state index contributed by atoms with van der Waals surface area (Å²) in [4.78, 5) is 9.27. The van der Waals surface area contributed by atoms with E-state index in [2.05, 4.69) is 33.7 Å². The maximum atomic E-state index is 5.35. The molecular weight excluding hydrogens is 332 g/mol. The van der Waals surface area contributed by atoms with E-state index in [0.29, 0.717) is 12.6 Å². The smallest absolute Gasteiger partial charge is 0.191 e. The van der Waals surface area contributed by atoms with E-state index in [1.165, 1.54) is 5.57 Å². The van der Waals surface area contributed by atoms with Crippen molar-refractivity contribution in [2.24, 2.45) is 4.99 Å². The van der Waals surface area contributed by atoms with E-state index in [-0.39, 0.29) is 0 Å². The lowest BCUT2D eigenvalue weighted by Crippen LogP contribution is -2.47. The molecule has 0 saturated carbocycles. The monoisotopic (exact) mass is 362 g/mol. The summed E-state index contributed by atoms with van der Waals surface area (Å²) >= 11 is 0. The Labute approximate surface area is 155 Å². The van der Waals surface area contributed by atoms with Gasteiger partial charge in [-0.3, -0.25) is 4.99 Å². The third-order valence-corrected chi connectivity index (χ3v) is 4.62. The first-order valence-corrected chi connectivity index (χ1v) is 9.50. The van der Waals surface area contributed by atoms with E-state index in [1.807, 2.05) is 4.68 Å². The second kappa shape index (κ2) is 9.68. The molecule has 1 atom stereocenters. The van der Waals surface area contributed by atoms with Crippen LogP contribution in [0.2, 0.25) is 0 Å². The Morgan fingerprint density at radius 2 is 2.38 bits per heavy atom. The Morgan fingerprint density at radius 1 is 1.46 bits per heavy atom. The van der Waals surface area contributed by atoms with E-state index in [1.54, 1.807) is 7.11 Å². The van der Waals surface area contributed by atoms with Crippen molar-refractivity contribution < 1.29 is 9.47 Å². The van der Waals surface area contributed by atoms with Crippen molar-refractivity contribution in [1.82, 2.24) is 25.4 Å². The topological polar surface area (TPSA) is 85.6 Å². The maximum Gasteiger partial charge on any atom is 0.191 e. The van der Waals surface area contributed by atoms with Gasteiger partial charge in [-0.25, -0.2) is 9.67 Å². The lowest BCUT2D eigenvalue weighted by Gasteiger charge is -2.25. The first kappa shape index (κ1) is 18.8. The quantitative estimate of drug-likeness (QED) is 0.428. The number of rotatable bonds is 7. The minimum atomic E-state index is 0.305. The van der Waals surface area contributed by atoms with Gasteiger partial charge >= 0.3 is 0 Å². The highest BCUT2D eigenvalue weighted by Crippen LogP contribution is 2.14. The van der Waals surface area contributed by atoms with Gasteiger partial charge in [-0.1, -0.05) is 11.6 Å². The number of hydrogen-bond acceptors (Lipinski definition) is 5.